The summed E-state index contributed by atoms with van der Waals surface area (Å²) in [6, 6.07) is 5.90. The van der Waals surface area contributed by atoms with E-state index in [9.17, 15) is 25.5 Å². The van der Waals surface area contributed by atoms with Crippen LogP contribution in [0.4, 0.5) is 0 Å². The van der Waals surface area contributed by atoms with Crippen LogP contribution in [0.1, 0.15) is 0 Å². The summed E-state index contributed by atoms with van der Waals surface area (Å²) in [4.78, 5) is 0. The van der Waals surface area contributed by atoms with Crippen LogP contribution in [-0.4, -0.2) is 69.9 Å². The number of aromatic hydroxyl groups is 1. The average Bonchev–Trinajstić information content (AvgIpc) is 2.80. The minimum atomic E-state index is -1.36. The quantitative estimate of drug-likeness (QED) is 0.132. The lowest BCUT2D eigenvalue weighted by molar-refractivity contribution is -0.171. The molecule has 1 saturated carbocycles. The van der Waals surface area contributed by atoms with Gasteiger partial charge in [0, 0.05) is 35.3 Å². The van der Waals surface area contributed by atoms with Gasteiger partial charge in [-0.25, -0.2) is 0 Å². The molecule has 0 radical (unpaired) electrons. The predicted octanol–water partition coefficient (Wildman–Crippen LogP) is -0.626. The van der Waals surface area contributed by atoms with E-state index in [1.807, 2.05) is 22.9 Å². The molecule has 1 aromatic rings. The summed E-state index contributed by atoms with van der Waals surface area (Å²) in [5, 5.41) is 49.5. The number of hydrogen-bond acceptors (Lipinski definition) is 8. The molecular formula is C15H22INO7. The number of halogens is 1. The van der Waals surface area contributed by atoms with Gasteiger partial charge in [-0.3, -0.25) is 3.53 Å². The lowest BCUT2D eigenvalue weighted by Gasteiger charge is -2.29. The smallest absolute Gasteiger partial charge is 0.163 e. The van der Waals surface area contributed by atoms with Crippen molar-refractivity contribution in [3.8, 4) is 11.5 Å². The fourth-order valence-corrected chi connectivity index (χ4v) is 3.10. The third kappa shape index (κ3) is 4.48. The van der Waals surface area contributed by atoms with Gasteiger partial charge >= 0.3 is 0 Å². The number of phenols is 1. The number of phenolic OH excluding ortho intramolecular Hbond substituents is 1. The molecule has 4 unspecified atom stereocenters. The van der Waals surface area contributed by atoms with Crippen LogP contribution in [-0.2, 0) is 4.74 Å². The first-order valence-electron chi connectivity index (χ1n) is 7.55. The van der Waals surface area contributed by atoms with Gasteiger partial charge in [0.1, 0.15) is 17.6 Å². The van der Waals surface area contributed by atoms with Gasteiger partial charge in [0.15, 0.2) is 6.29 Å². The maximum absolute atomic E-state index is 10.2. The minimum Gasteiger partial charge on any atom is -0.508 e. The van der Waals surface area contributed by atoms with E-state index in [1.165, 1.54) is 24.3 Å². The molecule has 0 heterocycles. The van der Waals surface area contributed by atoms with Gasteiger partial charge in [-0.05, 0) is 24.3 Å². The zero-order valence-corrected chi connectivity index (χ0v) is 15.0. The molecule has 1 fully saturated rings. The van der Waals surface area contributed by atoms with Gasteiger partial charge in [-0.1, -0.05) is 0 Å². The van der Waals surface area contributed by atoms with E-state index in [0.717, 1.165) is 0 Å². The van der Waals surface area contributed by atoms with E-state index < -0.39 is 43.0 Å². The van der Waals surface area contributed by atoms with E-state index in [4.69, 9.17) is 9.47 Å². The van der Waals surface area contributed by atoms with E-state index in [2.05, 4.69) is 3.53 Å². The van der Waals surface area contributed by atoms with Crippen LogP contribution in [0.25, 0.3) is 0 Å². The molecule has 1 aromatic carbocycles. The Balaban J connectivity index is 2.15. The molecule has 0 saturated heterocycles. The zero-order chi connectivity index (χ0) is 17.7. The molecule has 0 bridgehead atoms. The summed E-state index contributed by atoms with van der Waals surface area (Å²) >= 11 is 1.94. The van der Waals surface area contributed by atoms with Crippen LogP contribution in [0.2, 0.25) is 0 Å². The number of benzene rings is 1. The lowest BCUT2D eigenvalue weighted by atomic mass is 9.99. The third-order valence-electron chi connectivity index (χ3n) is 4.12. The molecule has 6 atom stereocenters. The van der Waals surface area contributed by atoms with Gasteiger partial charge in [-0.2, -0.15) is 0 Å². The average molecular weight is 455 g/mol. The van der Waals surface area contributed by atoms with Gasteiger partial charge < -0.3 is 35.0 Å². The van der Waals surface area contributed by atoms with Crippen molar-refractivity contribution in [3.63, 3.8) is 0 Å². The van der Waals surface area contributed by atoms with Crippen LogP contribution in [0.15, 0.2) is 24.3 Å². The second kappa shape index (κ2) is 9.13. The number of aliphatic hydroxyl groups excluding tert-OH is 4. The molecule has 24 heavy (non-hydrogen) atoms. The molecule has 0 aromatic heterocycles. The predicted molar refractivity (Wildman–Crippen MR) is 92.6 cm³/mol. The fourth-order valence-electron chi connectivity index (χ4n) is 2.88. The standard InChI is InChI=1S/C15H22INO7/c16-17-5-6-23-15(22)11-13(21)12(20)10(7-18)14(11)24-9-3-1-8(19)2-4-9/h1-4,10-15,17-22H,5-7H2/t10?,11?,12-,13?,14?,15-/m1/s1. The molecule has 136 valence electrons. The van der Waals surface area contributed by atoms with Crippen LogP contribution in [0.5, 0.6) is 11.5 Å². The first kappa shape index (κ1) is 19.6. The Morgan fingerprint density at radius 1 is 1.17 bits per heavy atom. The highest BCUT2D eigenvalue weighted by Crippen LogP contribution is 2.37. The van der Waals surface area contributed by atoms with Crippen molar-refractivity contribution in [2.75, 3.05) is 19.8 Å². The maximum Gasteiger partial charge on any atom is 0.163 e. The second-order valence-electron chi connectivity index (χ2n) is 5.63. The Labute approximate surface area is 153 Å². The molecule has 6 N–H and O–H groups in total. The SMILES string of the molecule is OCC1C(Oc2ccc(O)cc2)C([C@H](O)OCCNI)C(O)[C@@H]1O. The maximum atomic E-state index is 10.2. The number of hydrogen-bond donors (Lipinski definition) is 6. The molecule has 1 aliphatic rings. The summed E-state index contributed by atoms with van der Waals surface area (Å²) in [6.45, 7) is 0.286. The largest absolute Gasteiger partial charge is 0.508 e. The van der Waals surface area contributed by atoms with Crippen LogP contribution in [0.3, 0.4) is 0 Å². The Kier molecular flexibility index (Phi) is 7.47. The topological polar surface area (TPSA) is 132 Å². The fraction of sp³-hybridized carbons (Fsp3) is 0.600. The highest BCUT2D eigenvalue weighted by Gasteiger charge is 2.54. The molecule has 2 rings (SSSR count). The summed E-state index contributed by atoms with van der Waals surface area (Å²) in [5.74, 6) is -1.26. The highest BCUT2D eigenvalue weighted by molar-refractivity contribution is 14.1. The van der Waals surface area contributed by atoms with E-state index >= 15 is 0 Å². The summed E-state index contributed by atoms with van der Waals surface area (Å²) in [7, 11) is 0. The molecular weight excluding hydrogens is 433 g/mol. The van der Waals surface area contributed by atoms with E-state index in [1.54, 1.807) is 0 Å². The van der Waals surface area contributed by atoms with Crippen molar-refractivity contribution >= 4 is 22.9 Å². The van der Waals surface area contributed by atoms with Crippen molar-refractivity contribution < 1.29 is 35.0 Å². The molecule has 9 heteroatoms. The second-order valence-corrected chi connectivity index (χ2v) is 6.39. The number of nitrogens with one attached hydrogen (secondary N) is 1. The third-order valence-corrected chi connectivity index (χ3v) is 4.66. The van der Waals surface area contributed by atoms with E-state index in [-0.39, 0.29) is 12.4 Å². The first-order valence-corrected chi connectivity index (χ1v) is 8.63. The van der Waals surface area contributed by atoms with Gasteiger partial charge in [0.05, 0.1) is 31.3 Å². The van der Waals surface area contributed by atoms with Gasteiger partial charge in [0.2, 0.25) is 0 Å². The highest BCUT2D eigenvalue weighted by atomic mass is 127. The minimum absolute atomic E-state index is 0.0683. The Hall–Kier alpha value is -0.690. The Morgan fingerprint density at radius 3 is 2.42 bits per heavy atom. The van der Waals surface area contributed by atoms with Crippen molar-refractivity contribution in [2.24, 2.45) is 11.8 Å². The lowest BCUT2D eigenvalue weighted by Crippen LogP contribution is -2.42. The molecule has 0 aliphatic heterocycles. The molecule has 1 aliphatic carbocycles. The molecule has 8 nitrogen and oxygen atoms in total. The van der Waals surface area contributed by atoms with Crippen LogP contribution < -0.4 is 8.27 Å². The number of aliphatic hydroxyl groups is 4. The summed E-state index contributed by atoms with van der Waals surface area (Å²) in [5.41, 5.74) is 0. The Morgan fingerprint density at radius 2 is 1.83 bits per heavy atom. The zero-order valence-electron chi connectivity index (χ0n) is 12.8. The molecule has 0 spiro atoms. The van der Waals surface area contributed by atoms with E-state index in [0.29, 0.717) is 12.3 Å². The first-order chi connectivity index (χ1) is 11.5. The summed E-state index contributed by atoms with van der Waals surface area (Å²) in [6.07, 6.45) is -4.76. The van der Waals surface area contributed by atoms with Gasteiger partial charge in [0.25, 0.3) is 0 Å². The normalized spacial score (nSPS) is 31.1. The Bertz CT molecular complexity index is 503. The summed E-state index contributed by atoms with van der Waals surface area (Å²) < 4.78 is 13.9. The number of ether oxygens (including phenoxy) is 2. The van der Waals surface area contributed by atoms with Crippen LogP contribution in [0, 0.1) is 11.8 Å². The van der Waals surface area contributed by atoms with Crippen molar-refractivity contribution in [1.29, 1.82) is 0 Å². The van der Waals surface area contributed by atoms with Crippen molar-refractivity contribution in [1.82, 2.24) is 3.53 Å². The van der Waals surface area contributed by atoms with Gasteiger partial charge in [-0.15, -0.1) is 0 Å². The van der Waals surface area contributed by atoms with Crippen LogP contribution >= 0.6 is 22.9 Å². The van der Waals surface area contributed by atoms with Crippen molar-refractivity contribution in [2.45, 2.75) is 24.6 Å². The monoisotopic (exact) mass is 455 g/mol. The van der Waals surface area contributed by atoms with Crippen molar-refractivity contribution in [3.05, 3.63) is 24.3 Å². The number of rotatable bonds is 8. The molecule has 0 amide bonds.